The van der Waals surface area contributed by atoms with Crippen molar-refractivity contribution in [1.29, 1.82) is 0 Å². The van der Waals surface area contributed by atoms with E-state index in [1.165, 1.54) is 6.20 Å². The van der Waals surface area contributed by atoms with Crippen LogP contribution < -0.4 is 25.8 Å². The quantitative estimate of drug-likeness (QED) is 0.363. The lowest BCUT2D eigenvalue weighted by Gasteiger charge is -2.53. The van der Waals surface area contributed by atoms with E-state index in [4.69, 9.17) is 15.2 Å². The molecule has 2 aromatic carbocycles. The fraction of sp³-hybridized carbons (Fsp3) is 0.387. The van der Waals surface area contributed by atoms with Gasteiger partial charge in [-0.15, -0.1) is 0 Å². The molecule has 5 rings (SSSR count). The van der Waals surface area contributed by atoms with E-state index < -0.39 is 0 Å². The van der Waals surface area contributed by atoms with Gasteiger partial charge in [-0.25, -0.2) is 0 Å². The molecule has 8 nitrogen and oxygen atoms in total. The number of hydrogen-bond acceptors (Lipinski definition) is 7. The number of hydrogen-bond donors (Lipinski definition) is 3. The largest absolute Gasteiger partial charge is 0.490 e. The van der Waals surface area contributed by atoms with Gasteiger partial charge in [0.1, 0.15) is 17.2 Å². The standard InChI is InChI=1S/C31H37N5O3/c1-20-11-21(12-29(37)36-22(16-32)17-35-30(2,3)4)5-8-27(20)39-28-9-10-34-26-7-6-23(13-25(26)28)38-24-14-31(15-24)18-33-19-31/h5-11,13,16-17,24,33H,12,14-15,18-19,32H2,1-4H3,(H,36,37)/b22-16+,35-17?. The number of rotatable bonds is 8. The van der Waals surface area contributed by atoms with E-state index >= 15 is 0 Å². The van der Waals surface area contributed by atoms with E-state index in [0.29, 0.717) is 16.9 Å². The Hall–Kier alpha value is -3.91. The number of aromatic nitrogens is 1. The maximum atomic E-state index is 12.6. The zero-order valence-electron chi connectivity index (χ0n) is 23.1. The summed E-state index contributed by atoms with van der Waals surface area (Å²) in [5.41, 5.74) is 8.98. The van der Waals surface area contributed by atoms with Crippen LogP contribution in [0.25, 0.3) is 10.9 Å². The maximum Gasteiger partial charge on any atom is 0.228 e. The monoisotopic (exact) mass is 527 g/mol. The van der Waals surface area contributed by atoms with Gasteiger partial charge in [0.05, 0.1) is 29.3 Å². The number of fused-ring (bicyclic) bond motifs is 1. The van der Waals surface area contributed by atoms with Crippen molar-refractivity contribution in [2.24, 2.45) is 16.1 Å². The van der Waals surface area contributed by atoms with Gasteiger partial charge in [-0.05, 0) is 82.0 Å². The average Bonchev–Trinajstić information content (AvgIpc) is 2.84. The Morgan fingerprint density at radius 1 is 1.18 bits per heavy atom. The van der Waals surface area contributed by atoms with E-state index in [1.54, 1.807) is 12.4 Å². The van der Waals surface area contributed by atoms with E-state index in [-0.39, 0.29) is 24.0 Å². The molecule has 2 heterocycles. The Morgan fingerprint density at radius 2 is 1.97 bits per heavy atom. The van der Waals surface area contributed by atoms with E-state index in [2.05, 4.69) is 20.6 Å². The van der Waals surface area contributed by atoms with Crippen LogP contribution in [0.5, 0.6) is 17.2 Å². The molecular weight excluding hydrogens is 490 g/mol. The summed E-state index contributed by atoms with van der Waals surface area (Å²) in [5.74, 6) is 2.10. The summed E-state index contributed by atoms with van der Waals surface area (Å²) in [6, 6.07) is 13.6. The van der Waals surface area contributed by atoms with Gasteiger partial charge in [-0.3, -0.25) is 14.8 Å². The lowest BCUT2D eigenvalue weighted by molar-refractivity contribution is -0.119. The van der Waals surface area contributed by atoms with Gasteiger partial charge in [-0.1, -0.05) is 12.1 Å². The van der Waals surface area contributed by atoms with Crippen LogP contribution in [-0.2, 0) is 11.2 Å². The Morgan fingerprint density at radius 3 is 2.64 bits per heavy atom. The molecule has 1 aliphatic heterocycles. The van der Waals surface area contributed by atoms with E-state index in [1.807, 2.05) is 70.2 Å². The summed E-state index contributed by atoms with van der Waals surface area (Å²) in [5, 5.41) is 7.08. The molecule has 1 saturated carbocycles. The molecule has 0 atom stereocenters. The number of nitrogens with one attached hydrogen (secondary N) is 2. The summed E-state index contributed by atoms with van der Waals surface area (Å²) in [6.07, 6.45) is 7.36. The third kappa shape index (κ3) is 6.40. The molecule has 1 amide bonds. The molecular formula is C31H37N5O3. The molecule has 8 heteroatoms. The Bertz CT molecular complexity index is 1430. The van der Waals surface area contributed by atoms with Gasteiger partial charge >= 0.3 is 0 Å². The van der Waals surface area contributed by atoms with Gasteiger partial charge in [0.2, 0.25) is 5.91 Å². The summed E-state index contributed by atoms with van der Waals surface area (Å²) in [4.78, 5) is 21.5. The highest BCUT2D eigenvalue weighted by Gasteiger charge is 2.49. The minimum Gasteiger partial charge on any atom is -0.490 e. The van der Waals surface area contributed by atoms with Crippen molar-refractivity contribution < 1.29 is 14.3 Å². The zero-order valence-corrected chi connectivity index (χ0v) is 23.1. The smallest absolute Gasteiger partial charge is 0.228 e. The molecule has 0 radical (unpaired) electrons. The number of carbonyl (C=O) groups excluding carboxylic acids is 1. The summed E-state index contributed by atoms with van der Waals surface area (Å²) in [6.45, 7) is 10.1. The fourth-order valence-corrected chi connectivity index (χ4v) is 5.04. The number of amides is 1. The summed E-state index contributed by atoms with van der Waals surface area (Å²) >= 11 is 0. The number of aryl methyl sites for hydroxylation is 1. The summed E-state index contributed by atoms with van der Waals surface area (Å²) in [7, 11) is 0. The predicted molar refractivity (Wildman–Crippen MR) is 154 cm³/mol. The molecule has 39 heavy (non-hydrogen) atoms. The fourth-order valence-electron chi connectivity index (χ4n) is 5.04. The minimum absolute atomic E-state index is 0.168. The normalized spacial score (nSPS) is 17.2. The molecule has 1 aromatic heterocycles. The average molecular weight is 528 g/mol. The second kappa shape index (κ2) is 10.7. The van der Waals surface area contributed by atoms with Gasteiger partial charge < -0.3 is 25.8 Å². The third-order valence-corrected chi connectivity index (χ3v) is 7.18. The van der Waals surface area contributed by atoms with Crippen molar-refractivity contribution in [3.63, 3.8) is 0 Å². The molecule has 2 fully saturated rings. The van der Waals surface area contributed by atoms with Crippen LogP contribution in [0.15, 0.2) is 65.6 Å². The van der Waals surface area contributed by atoms with Crippen LogP contribution in [0.1, 0.15) is 44.7 Å². The highest BCUT2D eigenvalue weighted by atomic mass is 16.5. The van der Waals surface area contributed by atoms with Crippen LogP contribution in [-0.4, -0.2) is 41.8 Å². The van der Waals surface area contributed by atoms with Gasteiger partial charge in [0, 0.05) is 42.5 Å². The number of aliphatic imine (C=N–C) groups is 1. The molecule has 0 bridgehead atoms. The maximum absolute atomic E-state index is 12.6. The van der Waals surface area contributed by atoms with Crippen LogP contribution in [0.4, 0.5) is 0 Å². The molecule has 204 valence electrons. The van der Waals surface area contributed by atoms with Crippen molar-refractivity contribution in [2.45, 2.75) is 58.6 Å². The first-order valence-electron chi connectivity index (χ1n) is 13.4. The second-order valence-corrected chi connectivity index (χ2v) is 11.7. The predicted octanol–water partition coefficient (Wildman–Crippen LogP) is 4.79. The molecule has 4 N–H and O–H groups in total. The van der Waals surface area contributed by atoms with Crippen molar-refractivity contribution in [1.82, 2.24) is 15.6 Å². The molecule has 0 unspecified atom stereocenters. The van der Waals surface area contributed by atoms with Crippen LogP contribution in [0.2, 0.25) is 0 Å². The summed E-state index contributed by atoms with van der Waals surface area (Å²) < 4.78 is 12.6. The Labute approximate surface area is 229 Å². The van der Waals surface area contributed by atoms with Crippen molar-refractivity contribution in [2.75, 3.05) is 13.1 Å². The van der Waals surface area contributed by atoms with Crippen molar-refractivity contribution in [3.8, 4) is 17.2 Å². The van der Waals surface area contributed by atoms with Gasteiger partial charge in [0.25, 0.3) is 0 Å². The Balaban J connectivity index is 1.25. The first kappa shape index (κ1) is 26.7. The number of nitrogens with two attached hydrogens (primary N) is 1. The van der Waals surface area contributed by atoms with Gasteiger partial charge in [0.15, 0.2) is 0 Å². The highest BCUT2D eigenvalue weighted by molar-refractivity contribution is 5.89. The van der Waals surface area contributed by atoms with Crippen LogP contribution >= 0.6 is 0 Å². The van der Waals surface area contributed by atoms with Gasteiger partial charge in [-0.2, -0.15) is 0 Å². The SMILES string of the molecule is Cc1cc(CC(=O)N/C(C=NC(C)(C)C)=C/N)ccc1Oc1ccnc2ccc(OC3CC4(CNC4)C3)cc12. The number of allylic oxidation sites excluding steroid dienone is 1. The molecule has 2 aliphatic rings. The molecule has 1 aliphatic carbocycles. The van der Waals surface area contributed by atoms with Crippen molar-refractivity contribution in [3.05, 3.63) is 71.7 Å². The molecule has 3 aromatic rings. The first-order chi connectivity index (χ1) is 18.6. The van der Waals surface area contributed by atoms with E-state index in [9.17, 15) is 4.79 Å². The van der Waals surface area contributed by atoms with E-state index in [0.717, 1.165) is 59.5 Å². The number of benzene rings is 2. The lowest BCUT2D eigenvalue weighted by atomic mass is 9.63. The second-order valence-electron chi connectivity index (χ2n) is 11.7. The first-order valence-corrected chi connectivity index (χ1v) is 13.4. The zero-order chi connectivity index (χ0) is 27.6. The number of carbonyl (C=O) groups is 1. The Kier molecular flexibility index (Phi) is 7.32. The molecule has 1 spiro atoms. The topological polar surface area (TPSA) is 111 Å². The lowest BCUT2D eigenvalue weighted by Crippen LogP contribution is -2.62. The number of pyridine rings is 1. The highest BCUT2D eigenvalue weighted by Crippen LogP contribution is 2.46. The van der Waals surface area contributed by atoms with Crippen molar-refractivity contribution >= 4 is 23.0 Å². The number of ether oxygens (including phenoxy) is 2. The number of nitrogens with zero attached hydrogens (tertiary/aromatic N) is 2. The third-order valence-electron chi connectivity index (χ3n) is 7.18. The minimum atomic E-state index is -0.256. The van der Waals surface area contributed by atoms with Crippen LogP contribution in [0.3, 0.4) is 0 Å². The van der Waals surface area contributed by atoms with Crippen LogP contribution in [0, 0.1) is 12.3 Å². The molecule has 1 saturated heterocycles.